The first-order valence-corrected chi connectivity index (χ1v) is 3.30. The van der Waals surface area contributed by atoms with Gasteiger partial charge < -0.3 is 10.2 Å². The van der Waals surface area contributed by atoms with E-state index in [-0.39, 0.29) is 0 Å². The maximum absolute atomic E-state index is 9.08. The van der Waals surface area contributed by atoms with Gasteiger partial charge in [0.1, 0.15) is 0 Å². The highest BCUT2D eigenvalue weighted by Crippen LogP contribution is 2.03. The van der Waals surface area contributed by atoms with E-state index in [0.717, 1.165) is 0 Å². The predicted molar refractivity (Wildman–Crippen MR) is 41.6 cm³/mol. The fourth-order valence-corrected chi connectivity index (χ4v) is 0.656. The third-order valence-corrected chi connectivity index (χ3v) is 1.26. The lowest BCUT2D eigenvalue weighted by atomic mass is 10.1. The van der Waals surface area contributed by atoms with Crippen molar-refractivity contribution in [3.8, 4) is 0 Å². The molecule has 58 valence electrons. The van der Waals surface area contributed by atoms with Gasteiger partial charge in [-0.1, -0.05) is 12.2 Å². The quantitative estimate of drug-likeness (QED) is 0.559. The standard InChI is InChI=1S/C8H14O2/c1-3-5-7(9)8(10)6-4-2/h3-4,7-10H,1-2,5-6H2/t7-,8+. The average molecular weight is 142 g/mol. The first-order valence-electron chi connectivity index (χ1n) is 3.30. The van der Waals surface area contributed by atoms with Crippen LogP contribution in [0.15, 0.2) is 25.3 Å². The van der Waals surface area contributed by atoms with Crippen LogP contribution in [-0.4, -0.2) is 22.4 Å². The molecule has 0 fully saturated rings. The zero-order valence-corrected chi connectivity index (χ0v) is 6.03. The van der Waals surface area contributed by atoms with Crippen LogP contribution >= 0.6 is 0 Å². The average Bonchev–Trinajstić information content (AvgIpc) is 1.89. The Bertz CT molecular complexity index is 95.8. The summed E-state index contributed by atoms with van der Waals surface area (Å²) in [7, 11) is 0. The van der Waals surface area contributed by atoms with Crippen molar-refractivity contribution in [1.82, 2.24) is 0 Å². The molecule has 2 atom stereocenters. The van der Waals surface area contributed by atoms with Gasteiger partial charge in [0, 0.05) is 0 Å². The van der Waals surface area contributed by atoms with Crippen molar-refractivity contribution >= 4 is 0 Å². The highest BCUT2D eigenvalue weighted by molar-refractivity contribution is 4.82. The lowest BCUT2D eigenvalue weighted by Gasteiger charge is -2.13. The summed E-state index contributed by atoms with van der Waals surface area (Å²) in [6, 6.07) is 0. The number of hydrogen-bond donors (Lipinski definition) is 2. The summed E-state index contributed by atoms with van der Waals surface area (Å²) >= 11 is 0. The summed E-state index contributed by atoms with van der Waals surface area (Å²) in [5, 5.41) is 18.2. The number of aliphatic hydroxyl groups excluding tert-OH is 2. The molecule has 0 radical (unpaired) electrons. The molecular weight excluding hydrogens is 128 g/mol. The number of hydrogen-bond acceptors (Lipinski definition) is 2. The Hall–Kier alpha value is -0.600. The van der Waals surface area contributed by atoms with Crippen molar-refractivity contribution in [2.45, 2.75) is 25.0 Å². The summed E-state index contributed by atoms with van der Waals surface area (Å²) in [5.41, 5.74) is 0. The molecule has 0 aromatic rings. The third-order valence-electron chi connectivity index (χ3n) is 1.26. The molecule has 2 N–H and O–H groups in total. The van der Waals surface area contributed by atoms with E-state index in [2.05, 4.69) is 13.2 Å². The van der Waals surface area contributed by atoms with Crippen LogP contribution in [0.3, 0.4) is 0 Å². The largest absolute Gasteiger partial charge is 0.390 e. The zero-order valence-electron chi connectivity index (χ0n) is 6.03. The second-order valence-corrected chi connectivity index (χ2v) is 2.18. The predicted octanol–water partition coefficient (Wildman–Crippen LogP) is 0.860. The second-order valence-electron chi connectivity index (χ2n) is 2.18. The summed E-state index contributed by atoms with van der Waals surface area (Å²) in [4.78, 5) is 0. The zero-order chi connectivity index (χ0) is 7.98. The third kappa shape index (κ3) is 3.43. The molecule has 0 spiro atoms. The first-order chi connectivity index (χ1) is 4.72. The summed E-state index contributed by atoms with van der Waals surface area (Å²) in [5.74, 6) is 0. The first kappa shape index (κ1) is 9.40. The summed E-state index contributed by atoms with van der Waals surface area (Å²) < 4.78 is 0. The topological polar surface area (TPSA) is 40.5 Å². The minimum Gasteiger partial charge on any atom is -0.390 e. The Morgan fingerprint density at radius 1 is 1.00 bits per heavy atom. The van der Waals surface area contributed by atoms with Gasteiger partial charge in [0.25, 0.3) is 0 Å². The normalized spacial score (nSPS) is 15.8. The maximum Gasteiger partial charge on any atom is 0.0836 e. The van der Waals surface area contributed by atoms with E-state index in [9.17, 15) is 0 Å². The van der Waals surface area contributed by atoms with Gasteiger partial charge >= 0.3 is 0 Å². The van der Waals surface area contributed by atoms with E-state index in [1.54, 1.807) is 12.2 Å². The van der Waals surface area contributed by atoms with Crippen molar-refractivity contribution in [3.63, 3.8) is 0 Å². The highest BCUT2D eigenvalue weighted by atomic mass is 16.3. The SMILES string of the molecule is C=CC[C@@H](O)[C@@H](O)CC=C. The molecular formula is C8H14O2. The van der Waals surface area contributed by atoms with Gasteiger partial charge in [-0.2, -0.15) is 0 Å². The van der Waals surface area contributed by atoms with E-state index in [0.29, 0.717) is 12.8 Å². The minimum atomic E-state index is -0.699. The van der Waals surface area contributed by atoms with Gasteiger partial charge in [0.15, 0.2) is 0 Å². The molecule has 0 aromatic heterocycles. The van der Waals surface area contributed by atoms with Crippen LogP contribution in [0.1, 0.15) is 12.8 Å². The van der Waals surface area contributed by atoms with Crippen molar-refractivity contribution in [2.24, 2.45) is 0 Å². The van der Waals surface area contributed by atoms with Crippen LogP contribution < -0.4 is 0 Å². The lowest BCUT2D eigenvalue weighted by Crippen LogP contribution is -2.24. The van der Waals surface area contributed by atoms with Gasteiger partial charge in [-0.3, -0.25) is 0 Å². The lowest BCUT2D eigenvalue weighted by molar-refractivity contribution is 0.0239. The fourth-order valence-electron chi connectivity index (χ4n) is 0.656. The Kier molecular flexibility index (Phi) is 4.89. The molecule has 0 aliphatic heterocycles. The molecule has 0 saturated carbocycles. The van der Waals surface area contributed by atoms with Crippen molar-refractivity contribution in [1.29, 1.82) is 0 Å². The Morgan fingerprint density at radius 2 is 1.30 bits per heavy atom. The molecule has 10 heavy (non-hydrogen) atoms. The molecule has 0 bridgehead atoms. The number of aliphatic hydroxyl groups is 2. The minimum absolute atomic E-state index is 0.426. The van der Waals surface area contributed by atoms with Gasteiger partial charge in [0.05, 0.1) is 12.2 Å². The molecule has 0 aliphatic carbocycles. The van der Waals surface area contributed by atoms with E-state index >= 15 is 0 Å². The van der Waals surface area contributed by atoms with Crippen LogP contribution in [0, 0.1) is 0 Å². The van der Waals surface area contributed by atoms with Crippen molar-refractivity contribution < 1.29 is 10.2 Å². The van der Waals surface area contributed by atoms with Crippen LogP contribution in [0.2, 0.25) is 0 Å². The van der Waals surface area contributed by atoms with Gasteiger partial charge in [-0.25, -0.2) is 0 Å². The Morgan fingerprint density at radius 3 is 1.50 bits per heavy atom. The molecule has 0 saturated heterocycles. The highest BCUT2D eigenvalue weighted by Gasteiger charge is 2.11. The van der Waals surface area contributed by atoms with E-state index in [4.69, 9.17) is 10.2 Å². The number of rotatable bonds is 5. The van der Waals surface area contributed by atoms with Crippen molar-refractivity contribution in [2.75, 3.05) is 0 Å². The maximum atomic E-state index is 9.08. The molecule has 0 heterocycles. The molecule has 0 unspecified atom stereocenters. The molecule has 0 aromatic carbocycles. The van der Waals surface area contributed by atoms with Crippen molar-refractivity contribution in [3.05, 3.63) is 25.3 Å². The fraction of sp³-hybridized carbons (Fsp3) is 0.500. The van der Waals surface area contributed by atoms with Crippen LogP contribution in [0.5, 0.6) is 0 Å². The molecule has 0 amide bonds. The van der Waals surface area contributed by atoms with Gasteiger partial charge in [0.2, 0.25) is 0 Å². The Labute approximate surface area is 61.5 Å². The van der Waals surface area contributed by atoms with Gasteiger partial charge in [-0.05, 0) is 12.8 Å². The summed E-state index contributed by atoms with van der Waals surface area (Å²) in [6.07, 6.45) is 2.61. The van der Waals surface area contributed by atoms with Crippen LogP contribution in [-0.2, 0) is 0 Å². The van der Waals surface area contributed by atoms with Crippen LogP contribution in [0.25, 0.3) is 0 Å². The van der Waals surface area contributed by atoms with Crippen LogP contribution in [0.4, 0.5) is 0 Å². The van der Waals surface area contributed by atoms with E-state index in [1.165, 1.54) is 0 Å². The van der Waals surface area contributed by atoms with E-state index < -0.39 is 12.2 Å². The second kappa shape index (κ2) is 5.21. The summed E-state index contributed by atoms with van der Waals surface area (Å²) in [6.45, 7) is 6.89. The van der Waals surface area contributed by atoms with Gasteiger partial charge in [-0.15, -0.1) is 13.2 Å². The smallest absolute Gasteiger partial charge is 0.0836 e. The molecule has 0 rings (SSSR count). The Balaban J connectivity index is 3.56. The molecule has 2 heteroatoms. The van der Waals surface area contributed by atoms with E-state index in [1.807, 2.05) is 0 Å². The molecule has 2 nitrogen and oxygen atoms in total. The monoisotopic (exact) mass is 142 g/mol. The molecule has 0 aliphatic rings.